The van der Waals surface area contributed by atoms with Gasteiger partial charge < -0.3 is 20.7 Å². The largest absolute Gasteiger partial charge is 0.383 e. The third-order valence-corrected chi connectivity index (χ3v) is 4.78. The van der Waals surface area contributed by atoms with E-state index in [1.165, 1.54) is 25.7 Å². The van der Waals surface area contributed by atoms with Crippen molar-refractivity contribution in [3.05, 3.63) is 0 Å². The summed E-state index contributed by atoms with van der Waals surface area (Å²) in [5.74, 6) is 0.694. The van der Waals surface area contributed by atoms with Crippen molar-refractivity contribution in [3.8, 4) is 0 Å². The van der Waals surface area contributed by atoms with Crippen LogP contribution in [0.25, 0.3) is 0 Å². The molecule has 6 nitrogen and oxygen atoms in total. The SMILES string of the molecule is COCC(N)C(=O)N1CCC(NC(=O)CC2CCCC2)CC1. The van der Waals surface area contributed by atoms with Crippen LogP contribution in [0.5, 0.6) is 0 Å². The summed E-state index contributed by atoms with van der Waals surface area (Å²) >= 11 is 0. The number of hydrogen-bond donors (Lipinski definition) is 2. The van der Waals surface area contributed by atoms with Gasteiger partial charge in [-0.25, -0.2) is 0 Å². The van der Waals surface area contributed by atoms with Crippen molar-refractivity contribution in [2.75, 3.05) is 26.8 Å². The number of rotatable bonds is 6. The molecule has 2 aliphatic rings. The Balaban J connectivity index is 1.68. The number of nitrogens with one attached hydrogen (secondary N) is 1. The third kappa shape index (κ3) is 4.95. The minimum Gasteiger partial charge on any atom is -0.383 e. The number of nitrogens with two attached hydrogens (primary N) is 1. The van der Waals surface area contributed by atoms with Crippen LogP contribution in [0, 0.1) is 5.92 Å². The van der Waals surface area contributed by atoms with Crippen LogP contribution in [0.15, 0.2) is 0 Å². The summed E-state index contributed by atoms with van der Waals surface area (Å²) in [6.45, 7) is 1.56. The molecule has 1 saturated carbocycles. The summed E-state index contributed by atoms with van der Waals surface area (Å²) in [6.07, 6.45) is 7.19. The van der Waals surface area contributed by atoms with E-state index < -0.39 is 6.04 Å². The molecule has 0 aromatic carbocycles. The predicted octanol–water partition coefficient (Wildman–Crippen LogP) is 0.648. The Morgan fingerprint density at radius 3 is 2.45 bits per heavy atom. The Kier molecular flexibility index (Phi) is 6.64. The number of methoxy groups -OCH3 is 1. The van der Waals surface area contributed by atoms with Crippen LogP contribution in [0.3, 0.4) is 0 Å². The van der Waals surface area contributed by atoms with E-state index in [-0.39, 0.29) is 24.5 Å². The molecule has 0 radical (unpaired) electrons. The molecule has 6 heteroatoms. The van der Waals surface area contributed by atoms with E-state index in [9.17, 15) is 9.59 Å². The number of carbonyl (C=O) groups is 2. The Bertz CT molecular complexity index is 375. The van der Waals surface area contributed by atoms with Gasteiger partial charge in [0.05, 0.1) is 6.61 Å². The molecule has 0 aromatic heterocycles. The summed E-state index contributed by atoms with van der Waals surface area (Å²) in [4.78, 5) is 25.9. The fraction of sp³-hybridized carbons (Fsp3) is 0.875. The van der Waals surface area contributed by atoms with Gasteiger partial charge >= 0.3 is 0 Å². The zero-order valence-electron chi connectivity index (χ0n) is 13.6. The molecule has 1 aliphatic heterocycles. The highest BCUT2D eigenvalue weighted by molar-refractivity contribution is 5.82. The molecule has 0 bridgehead atoms. The number of nitrogens with zero attached hydrogens (tertiary/aromatic N) is 1. The minimum absolute atomic E-state index is 0.0578. The zero-order chi connectivity index (χ0) is 15.9. The van der Waals surface area contributed by atoms with E-state index in [4.69, 9.17) is 10.5 Å². The summed E-state index contributed by atoms with van der Waals surface area (Å²) in [5, 5.41) is 3.13. The van der Waals surface area contributed by atoms with Gasteiger partial charge in [-0.15, -0.1) is 0 Å². The van der Waals surface area contributed by atoms with Crippen LogP contribution in [-0.4, -0.2) is 55.6 Å². The maximum absolute atomic E-state index is 12.1. The maximum Gasteiger partial charge on any atom is 0.241 e. The summed E-state index contributed by atoms with van der Waals surface area (Å²) in [7, 11) is 1.54. The molecule has 126 valence electrons. The maximum atomic E-state index is 12.1. The second kappa shape index (κ2) is 8.48. The first kappa shape index (κ1) is 17.2. The van der Waals surface area contributed by atoms with Crippen molar-refractivity contribution in [3.63, 3.8) is 0 Å². The van der Waals surface area contributed by atoms with Crippen LogP contribution in [0.2, 0.25) is 0 Å². The average molecular weight is 311 g/mol. The highest BCUT2D eigenvalue weighted by atomic mass is 16.5. The predicted molar refractivity (Wildman–Crippen MR) is 84.2 cm³/mol. The van der Waals surface area contributed by atoms with Crippen LogP contribution in [0.4, 0.5) is 0 Å². The smallest absolute Gasteiger partial charge is 0.241 e. The number of hydrogen-bond acceptors (Lipinski definition) is 4. The normalized spacial score (nSPS) is 21.8. The lowest BCUT2D eigenvalue weighted by Crippen LogP contribution is -2.52. The monoisotopic (exact) mass is 311 g/mol. The lowest BCUT2D eigenvalue weighted by molar-refractivity contribution is -0.135. The highest BCUT2D eigenvalue weighted by Crippen LogP contribution is 2.27. The molecule has 0 aromatic rings. The van der Waals surface area contributed by atoms with Gasteiger partial charge in [-0.2, -0.15) is 0 Å². The van der Waals surface area contributed by atoms with Crippen molar-refractivity contribution in [2.24, 2.45) is 11.7 Å². The van der Waals surface area contributed by atoms with Gasteiger partial charge in [-0.05, 0) is 31.6 Å². The molecular weight excluding hydrogens is 282 g/mol. The average Bonchev–Trinajstić information content (AvgIpc) is 3.00. The topological polar surface area (TPSA) is 84.7 Å². The molecular formula is C16H29N3O3. The van der Waals surface area contributed by atoms with Gasteiger partial charge in [0.1, 0.15) is 6.04 Å². The van der Waals surface area contributed by atoms with Crippen LogP contribution in [-0.2, 0) is 14.3 Å². The lowest BCUT2D eigenvalue weighted by atomic mass is 10.0. The Morgan fingerprint density at radius 1 is 1.23 bits per heavy atom. The van der Waals surface area contributed by atoms with Crippen LogP contribution >= 0.6 is 0 Å². The lowest BCUT2D eigenvalue weighted by Gasteiger charge is -2.33. The van der Waals surface area contributed by atoms with Gasteiger partial charge in [-0.3, -0.25) is 9.59 Å². The van der Waals surface area contributed by atoms with E-state index in [1.807, 2.05) is 0 Å². The molecule has 2 rings (SSSR count). The van der Waals surface area contributed by atoms with Gasteiger partial charge in [0.15, 0.2) is 0 Å². The second-order valence-electron chi connectivity index (χ2n) is 6.58. The van der Waals surface area contributed by atoms with E-state index >= 15 is 0 Å². The molecule has 1 saturated heterocycles. The van der Waals surface area contributed by atoms with Crippen molar-refractivity contribution in [1.82, 2.24) is 10.2 Å². The number of carbonyl (C=O) groups excluding carboxylic acids is 2. The van der Waals surface area contributed by atoms with E-state index in [0.29, 0.717) is 25.4 Å². The zero-order valence-corrected chi connectivity index (χ0v) is 13.6. The van der Waals surface area contributed by atoms with E-state index in [1.54, 1.807) is 12.0 Å². The second-order valence-corrected chi connectivity index (χ2v) is 6.58. The summed E-state index contributed by atoms with van der Waals surface area (Å²) in [6, 6.07) is -0.393. The molecule has 2 amide bonds. The third-order valence-electron chi connectivity index (χ3n) is 4.78. The van der Waals surface area contributed by atoms with Gasteiger partial charge in [-0.1, -0.05) is 12.8 Å². The standard InChI is InChI=1S/C16H29N3O3/c1-22-11-14(17)16(21)19-8-6-13(7-9-19)18-15(20)10-12-4-2-3-5-12/h12-14H,2-11,17H2,1H3,(H,18,20). The van der Waals surface area contributed by atoms with E-state index in [0.717, 1.165) is 12.8 Å². The first-order valence-electron chi connectivity index (χ1n) is 8.42. The van der Waals surface area contributed by atoms with Gasteiger partial charge in [0.25, 0.3) is 0 Å². The molecule has 2 fully saturated rings. The van der Waals surface area contributed by atoms with Crippen LogP contribution in [0.1, 0.15) is 44.9 Å². The molecule has 1 aliphatic carbocycles. The number of ether oxygens (including phenoxy) is 1. The first-order valence-corrected chi connectivity index (χ1v) is 8.42. The number of likely N-dealkylation sites (tertiary alicyclic amines) is 1. The Labute approximate surface area is 132 Å². The highest BCUT2D eigenvalue weighted by Gasteiger charge is 2.27. The quantitative estimate of drug-likeness (QED) is 0.754. The molecule has 1 unspecified atom stereocenters. The van der Waals surface area contributed by atoms with Crippen LogP contribution < -0.4 is 11.1 Å². The Morgan fingerprint density at radius 2 is 1.86 bits per heavy atom. The van der Waals surface area contributed by atoms with Crippen molar-refractivity contribution < 1.29 is 14.3 Å². The van der Waals surface area contributed by atoms with Gasteiger partial charge in [0, 0.05) is 32.7 Å². The fourth-order valence-electron chi connectivity index (χ4n) is 3.49. The van der Waals surface area contributed by atoms with E-state index in [2.05, 4.69) is 5.32 Å². The molecule has 22 heavy (non-hydrogen) atoms. The number of amides is 2. The van der Waals surface area contributed by atoms with Crippen molar-refractivity contribution in [2.45, 2.75) is 57.0 Å². The molecule has 1 heterocycles. The van der Waals surface area contributed by atoms with Crippen molar-refractivity contribution >= 4 is 11.8 Å². The fourth-order valence-corrected chi connectivity index (χ4v) is 3.49. The van der Waals surface area contributed by atoms with Crippen molar-refractivity contribution in [1.29, 1.82) is 0 Å². The molecule has 0 spiro atoms. The minimum atomic E-state index is -0.585. The summed E-state index contributed by atoms with van der Waals surface area (Å²) in [5.41, 5.74) is 5.78. The summed E-state index contributed by atoms with van der Waals surface area (Å²) < 4.78 is 4.92. The molecule has 3 N–H and O–H groups in total. The first-order chi connectivity index (χ1) is 10.6. The number of piperidine rings is 1. The molecule has 1 atom stereocenters. The van der Waals surface area contributed by atoms with Gasteiger partial charge in [0.2, 0.25) is 11.8 Å². The Hall–Kier alpha value is -1.14.